The van der Waals surface area contributed by atoms with Crippen molar-refractivity contribution >= 4 is 5.97 Å². The highest BCUT2D eigenvalue weighted by Gasteiger charge is 2.12. The van der Waals surface area contributed by atoms with Crippen LogP contribution in [0.3, 0.4) is 0 Å². The fraction of sp³-hybridized carbons (Fsp3) is 0.357. The summed E-state index contributed by atoms with van der Waals surface area (Å²) in [5, 5.41) is 0. The van der Waals surface area contributed by atoms with Crippen LogP contribution < -0.4 is 4.74 Å². The first-order chi connectivity index (χ1) is 8.56. The Balaban J connectivity index is 2.88. The number of halogens is 1. The predicted molar refractivity (Wildman–Crippen MR) is 67.0 cm³/mol. The molecule has 0 aromatic heterocycles. The van der Waals surface area contributed by atoms with Crippen LogP contribution in [0.5, 0.6) is 5.75 Å². The van der Waals surface area contributed by atoms with E-state index in [1.54, 1.807) is 19.9 Å². The van der Waals surface area contributed by atoms with Gasteiger partial charge in [0.05, 0.1) is 13.0 Å². The Kier molecular flexibility index (Phi) is 5.36. The molecule has 1 aromatic rings. The van der Waals surface area contributed by atoms with Crippen molar-refractivity contribution in [2.24, 2.45) is 0 Å². The van der Waals surface area contributed by atoms with E-state index in [4.69, 9.17) is 9.47 Å². The van der Waals surface area contributed by atoms with Crippen molar-refractivity contribution in [2.75, 3.05) is 6.61 Å². The highest BCUT2D eigenvalue weighted by Crippen LogP contribution is 2.22. The lowest BCUT2D eigenvalue weighted by atomic mass is 10.1. The summed E-state index contributed by atoms with van der Waals surface area (Å²) in [6.07, 6.45) is 1.40. The van der Waals surface area contributed by atoms with Crippen molar-refractivity contribution in [3.8, 4) is 5.75 Å². The third kappa shape index (κ3) is 4.20. The molecule has 0 radical (unpaired) electrons. The van der Waals surface area contributed by atoms with Crippen molar-refractivity contribution in [1.29, 1.82) is 0 Å². The van der Waals surface area contributed by atoms with Gasteiger partial charge in [0, 0.05) is 11.6 Å². The Hall–Kier alpha value is -1.84. The molecule has 0 bridgehead atoms. The zero-order chi connectivity index (χ0) is 13.5. The van der Waals surface area contributed by atoms with Gasteiger partial charge in [-0.05, 0) is 19.9 Å². The SMILES string of the molecule is C=CC(C)Oc1cc(F)ccc1CC(=O)OCC. The minimum atomic E-state index is -0.408. The maximum Gasteiger partial charge on any atom is 0.310 e. The number of carbonyl (C=O) groups is 1. The minimum absolute atomic E-state index is 0.0628. The van der Waals surface area contributed by atoms with Crippen LogP contribution in [-0.4, -0.2) is 18.7 Å². The lowest BCUT2D eigenvalue weighted by Gasteiger charge is -2.14. The molecule has 0 amide bonds. The van der Waals surface area contributed by atoms with Crippen LogP contribution in [0.2, 0.25) is 0 Å². The second-order valence-electron chi connectivity index (χ2n) is 3.79. The van der Waals surface area contributed by atoms with Crippen molar-refractivity contribution in [3.63, 3.8) is 0 Å². The van der Waals surface area contributed by atoms with Crippen LogP contribution in [0, 0.1) is 5.82 Å². The fourth-order valence-corrected chi connectivity index (χ4v) is 1.40. The molecule has 1 aromatic carbocycles. The summed E-state index contributed by atoms with van der Waals surface area (Å²) in [5.41, 5.74) is 0.601. The van der Waals surface area contributed by atoms with Gasteiger partial charge in [-0.25, -0.2) is 4.39 Å². The first-order valence-corrected chi connectivity index (χ1v) is 5.80. The van der Waals surface area contributed by atoms with Gasteiger partial charge in [-0.1, -0.05) is 18.7 Å². The number of ether oxygens (including phenoxy) is 2. The molecular formula is C14H17FO3. The lowest BCUT2D eigenvalue weighted by Crippen LogP contribution is -2.12. The molecule has 0 fully saturated rings. The molecule has 1 unspecified atom stereocenters. The minimum Gasteiger partial charge on any atom is -0.486 e. The summed E-state index contributed by atoms with van der Waals surface area (Å²) in [5.74, 6) is -0.426. The molecule has 18 heavy (non-hydrogen) atoms. The molecule has 0 aliphatic carbocycles. The van der Waals surface area contributed by atoms with Crippen LogP contribution >= 0.6 is 0 Å². The third-order valence-electron chi connectivity index (χ3n) is 2.31. The highest BCUT2D eigenvalue weighted by atomic mass is 19.1. The second-order valence-corrected chi connectivity index (χ2v) is 3.79. The van der Waals surface area contributed by atoms with E-state index in [1.807, 2.05) is 0 Å². The summed E-state index contributed by atoms with van der Waals surface area (Å²) in [6, 6.07) is 4.08. The Bertz CT molecular complexity index is 429. The average molecular weight is 252 g/mol. The number of rotatable bonds is 6. The van der Waals surface area contributed by atoms with E-state index in [0.717, 1.165) is 0 Å². The molecule has 98 valence electrons. The van der Waals surface area contributed by atoms with Crippen LogP contribution in [0.25, 0.3) is 0 Å². The molecule has 0 saturated carbocycles. The van der Waals surface area contributed by atoms with Gasteiger partial charge in [0.15, 0.2) is 0 Å². The summed E-state index contributed by atoms with van der Waals surface area (Å²) in [7, 11) is 0. The molecule has 0 aliphatic heterocycles. The molecule has 0 spiro atoms. The molecule has 0 aliphatic rings. The quantitative estimate of drug-likeness (QED) is 0.577. The monoisotopic (exact) mass is 252 g/mol. The number of hydrogen-bond acceptors (Lipinski definition) is 3. The van der Waals surface area contributed by atoms with Gasteiger partial charge >= 0.3 is 5.97 Å². The van der Waals surface area contributed by atoms with Gasteiger partial charge in [0.2, 0.25) is 0 Å². The maximum absolute atomic E-state index is 13.2. The van der Waals surface area contributed by atoms with Gasteiger partial charge in [-0.3, -0.25) is 4.79 Å². The van der Waals surface area contributed by atoms with E-state index in [9.17, 15) is 9.18 Å². The summed E-state index contributed by atoms with van der Waals surface area (Å²) >= 11 is 0. The zero-order valence-corrected chi connectivity index (χ0v) is 10.6. The molecule has 1 atom stereocenters. The van der Waals surface area contributed by atoms with Crippen LogP contribution in [-0.2, 0) is 16.0 Å². The van der Waals surface area contributed by atoms with Crippen LogP contribution in [0.15, 0.2) is 30.9 Å². The Morgan fingerprint density at radius 3 is 2.89 bits per heavy atom. The largest absolute Gasteiger partial charge is 0.486 e. The van der Waals surface area contributed by atoms with Crippen LogP contribution in [0.1, 0.15) is 19.4 Å². The number of hydrogen-bond donors (Lipinski definition) is 0. The summed E-state index contributed by atoms with van der Waals surface area (Å²) < 4.78 is 23.5. The lowest BCUT2D eigenvalue weighted by molar-refractivity contribution is -0.142. The molecule has 0 saturated heterocycles. The zero-order valence-electron chi connectivity index (χ0n) is 10.6. The Labute approximate surface area is 106 Å². The molecule has 4 heteroatoms. The van der Waals surface area contributed by atoms with Gasteiger partial charge in [0.1, 0.15) is 17.7 Å². The van der Waals surface area contributed by atoms with E-state index in [-0.39, 0.29) is 18.5 Å². The van der Waals surface area contributed by atoms with Gasteiger partial charge < -0.3 is 9.47 Å². The first-order valence-electron chi connectivity index (χ1n) is 5.80. The number of carbonyl (C=O) groups excluding carboxylic acids is 1. The van der Waals surface area contributed by atoms with Crippen molar-refractivity contribution in [1.82, 2.24) is 0 Å². The first kappa shape index (κ1) is 14.2. The fourth-order valence-electron chi connectivity index (χ4n) is 1.40. The van der Waals surface area contributed by atoms with Gasteiger partial charge in [-0.15, -0.1) is 0 Å². The molecular weight excluding hydrogens is 235 g/mol. The van der Waals surface area contributed by atoms with Crippen molar-refractivity contribution < 1.29 is 18.7 Å². The van der Waals surface area contributed by atoms with E-state index < -0.39 is 5.82 Å². The highest BCUT2D eigenvalue weighted by molar-refractivity contribution is 5.73. The molecule has 0 heterocycles. The molecule has 0 N–H and O–H groups in total. The van der Waals surface area contributed by atoms with Crippen molar-refractivity contribution in [2.45, 2.75) is 26.4 Å². The number of esters is 1. The Morgan fingerprint density at radius 1 is 1.56 bits per heavy atom. The maximum atomic E-state index is 13.2. The topological polar surface area (TPSA) is 35.5 Å². The van der Waals surface area contributed by atoms with Gasteiger partial charge in [-0.2, -0.15) is 0 Å². The molecule has 1 rings (SSSR count). The Morgan fingerprint density at radius 2 is 2.28 bits per heavy atom. The summed E-state index contributed by atoms with van der Waals surface area (Å²) in [6.45, 7) is 7.43. The predicted octanol–water partition coefficient (Wildman–Crippen LogP) is 2.88. The van der Waals surface area contributed by atoms with Crippen LogP contribution in [0.4, 0.5) is 4.39 Å². The standard InChI is InChI=1S/C14H17FO3/c1-4-10(3)18-13-9-12(15)7-6-11(13)8-14(16)17-5-2/h4,6-7,9-10H,1,5,8H2,2-3H3. The van der Waals surface area contributed by atoms with E-state index in [1.165, 1.54) is 18.2 Å². The normalized spacial score (nSPS) is 11.7. The molecule has 3 nitrogen and oxygen atoms in total. The number of benzene rings is 1. The van der Waals surface area contributed by atoms with E-state index >= 15 is 0 Å². The average Bonchev–Trinajstić information content (AvgIpc) is 2.33. The summed E-state index contributed by atoms with van der Waals surface area (Å²) in [4.78, 5) is 11.4. The second kappa shape index (κ2) is 6.79. The smallest absolute Gasteiger partial charge is 0.310 e. The van der Waals surface area contributed by atoms with Gasteiger partial charge in [0.25, 0.3) is 0 Å². The van der Waals surface area contributed by atoms with E-state index in [2.05, 4.69) is 6.58 Å². The van der Waals surface area contributed by atoms with Crippen molar-refractivity contribution in [3.05, 3.63) is 42.2 Å². The van der Waals surface area contributed by atoms with E-state index in [0.29, 0.717) is 17.9 Å². The third-order valence-corrected chi connectivity index (χ3v) is 2.31.